The topological polar surface area (TPSA) is 61.7 Å². The highest BCUT2D eigenvalue weighted by molar-refractivity contribution is 7.11. The lowest BCUT2D eigenvalue weighted by atomic mass is 9.91. The zero-order valence-corrected chi connectivity index (χ0v) is 10.5. The van der Waals surface area contributed by atoms with Crippen LogP contribution < -0.4 is 0 Å². The molecule has 86 valence electrons. The number of azide groups is 1. The Labute approximate surface area is 99.3 Å². The van der Waals surface area contributed by atoms with Crippen molar-refractivity contribution in [2.75, 3.05) is 0 Å². The first-order valence-corrected chi connectivity index (χ1v) is 6.38. The van der Waals surface area contributed by atoms with Crippen molar-refractivity contribution in [1.82, 2.24) is 4.98 Å². The zero-order valence-electron chi connectivity index (χ0n) is 9.68. The lowest BCUT2D eigenvalue weighted by Gasteiger charge is -2.15. The number of nitrogens with zero attached hydrogens (tertiary/aromatic N) is 4. The molecule has 16 heavy (non-hydrogen) atoms. The van der Waals surface area contributed by atoms with Gasteiger partial charge >= 0.3 is 0 Å². The van der Waals surface area contributed by atoms with E-state index in [0.717, 1.165) is 4.88 Å². The van der Waals surface area contributed by atoms with Gasteiger partial charge in [0.1, 0.15) is 0 Å². The summed E-state index contributed by atoms with van der Waals surface area (Å²) in [6.45, 7) is 5.08. The highest BCUT2D eigenvalue weighted by Gasteiger charge is 2.33. The summed E-state index contributed by atoms with van der Waals surface area (Å²) in [5.41, 5.74) is 8.72. The lowest BCUT2D eigenvalue weighted by Crippen LogP contribution is -2.04. The van der Waals surface area contributed by atoms with E-state index in [4.69, 9.17) is 5.53 Å². The van der Waals surface area contributed by atoms with Crippen LogP contribution in [0.15, 0.2) is 11.3 Å². The summed E-state index contributed by atoms with van der Waals surface area (Å²) < 4.78 is 0. The first kappa shape index (κ1) is 11.4. The monoisotopic (exact) mass is 236 g/mol. The quantitative estimate of drug-likeness (QED) is 0.439. The van der Waals surface area contributed by atoms with Crippen molar-refractivity contribution in [3.05, 3.63) is 26.5 Å². The molecule has 5 heteroatoms. The second kappa shape index (κ2) is 4.44. The van der Waals surface area contributed by atoms with Gasteiger partial charge < -0.3 is 0 Å². The van der Waals surface area contributed by atoms with Gasteiger partial charge in [0.05, 0.1) is 11.6 Å². The Balaban J connectivity index is 2.05. The molecular weight excluding hydrogens is 220 g/mol. The summed E-state index contributed by atoms with van der Waals surface area (Å²) in [6.07, 6.45) is 5.59. The molecule has 1 aromatic rings. The minimum atomic E-state index is 0.435. The predicted molar refractivity (Wildman–Crippen MR) is 65.3 cm³/mol. The van der Waals surface area contributed by atoms with Gasteiger partial charge in [-0.3, -0.25) is 0 Å². The van der Waals surface area contributed by atoms with Crippen molar-refractivity contribution in [3.63, 3.8) is 0 Å². The molecule has 0 amide bonds. The van der Waals surface area contributed by atoms with Gasteiger partial charge in [0, 0.05) is 21.9 Å². The number of hydrogen-bond acceptors (Lipinski definition) is 3. The Kier molecular flexibility index (Phi) is 3.17. The molecule has 0 aromatic carbocycles. The van der Waals surface area contributed by atoms with Crippen LogP contribution in [0.2, 0.25) is 0 Å². The molecule has 1 aromatic heterocycles. The van der Waals surface area contributed by atoms with Crippen LogP contribution in [0.25, 0.3) is 10.4 Å². The van der Waals surface area contributed by atoms with Gasteiger partial charge in [0.15, 0.2) is 0 Å². The molecule has 0 bridgehead atoms. The summed E-state index contributed by atoms with van der Waals surface area (Å²) in [5.74, 6) is 0.611. The molecule has 1 unspecified atom stereocenters. The first-order chi connectivity index (χ1) is 7.61. The van der Waals surface area contributed by atoms with Gasteiger partial charge in [-0.15, -0.1) is 11.3 Å². The molecule has 1 aliphatic rings. The highest BCUT2D eigenvalue weighted by Crippen LogP contribution is 2.46. The van der Waals surface area contributed by atoms with E-state index in [0.29, 0.717) is 17.9 Å². The number of aromatic nitrogens is 1. The van der Waals surface area contributed by atoms with Crippen molar-refractivity contribution in [2.45, 2.75) is 45.6 Å². The van der Waals surface area contributed by atoms with Crippen LogP contribution in [-0.2, 0) is 6.54 Å². The summed E-state index contributed by atoms with van der Waals surface area (Å²) in [6, 6.07) is 0. The largest absolute Gasteiger partial charge is 0.249 e. The fourth-order valence-electron chi connectivity index (χ4n) is 2.33. The van der Waals surface area contributed by atoms with Gasteiger partial charge in [0.2, 0.25) is 0 Å². The minimum Gasteiger partial charge on any atom is -0.249 e. The summed E-state index contributed by atoms with van der Waals surface area (Å²) >= 11 is 1.69. The van der Waals surface area contributed by atoms with Crippen LogP contribution in [-0.4, -0.2) is 4.98 Å². The van der Waals surface area contributed by atoms with E-state index in [1.54, 1.807) is 11.3 Å². The molecule has 1 heterocycles. The Morgan fingerprint density at radius 2 is 2.50 bits per heavy atom. The Bertz CT molecular complexity index is 417. The molecule has 0 N–H and O–H groups in total. The third-order valence-electron chi connectivity index (χ3n) is 3.18. The molecule has 1 atom stereocenters. The third-order valence-corrected chi connectivity index (χ3v) is 4.32. The van der Waals surface area contributed by atoms with E-state index in [1.807, 2.05) is 6.20 Å². The Morgan fingerprint density at radius 1 is 1.69 bits per heavy atom. The molecule has 1 saturated carbocycles. The van der Waals surface area contributed by atoms with Crippen LogP contribution in [0, 0.1) is 5.41 Å². The second-order valence-corrected chi connectivity index (χ2v) is 6.30. The first-order valence-electron chi connectivity index (χ1n) is 5.56. The molecule has 0 aliphatic heterocycles. The smallest absolute Gasteiger partial charge is 0.0958 e. The molecule has 4 nitrogen and oxygen atoms in total. The van der Waals surface area contributed by atoms with Crippen molar-refractivity contribution < 1.29 is 0 Å². The molecule has 2 rings (SSSR count). The van der Waals surface area contributed by atoms with Gasteiger partial charge in [0.25, 0.3) is 0 Å². The average molecular weight is 236 g/mol. The van der Waals surface area contributed by atoms with Gasteiger partial charge in [-0.2, -0.15) is 0 Å². The van der Waals surface area contributed by atoms with E-state index in [-0.39, 0.29) is 0 Å². The standard InChI is InChI=1S/C11H16N4S/c1-11(2)4-3-8(5-11)10-13-6-9(16-10)7-14-15-12/h6,8H,3-5,7H2,1-2H3. The molecule has 0 spiro atoms. The van der Waals surface area contributed by atoms with Crippen LogP contribution >= 0.6 is 11.3 Å². The summed E-state index contributed by atoms with van der Waals surface area (Å²) in [7, 11) is 0. The van der Waals surface area contributed by atoms with Gasteiger partial charge in [-0.25, -0.2) is 4.98 Å². The highest BCUT2D eigenvalue weighted by atomic mass is 32.1. The predicted octanol–water partition coefficient (Wildman–Crippen LogP) is 4.25. The SMILES string of the molecule is CC1(C)CCC(c2ncc(CN=[N+]=[N-])s2)C1. The molecule has 1 fully saturated rings. The van der Waals surface area contributed by atoms with E-state index >= 15 is 0 Å². The molecule has 1 aliphatic carbocycles. The second-order valence-electron chi connectivity index (χ2n) is 5.16. The third kappa shape index (κ3) is 2.54. The fraction of sp³-hybridized carbons (Fsp3) is 0.727. The van der Waals surface area contributed by atoms with Crippen LogP contribution in [0.5, 0.6) is 0 Å². The molecular formula is C11H16N4S. The van der Waals surface area contributed by atoms with E-state index in [9.17, 15) is 0 Å². The van der Waals surface area contributed by atoms with Crippen molar-refractivity contribution >= 4 is 11.3 Å². The molecule has 0 radical (unpaired) electrons. The van der Waals surface area contributed by atoms with E-state index in [1.165, 1.54) is 24.3 Å². The maximum atomic E-state index is 8.26. The number of thiazole rings is 1. The van der Waals surface area contributed by atoms with Crippen molar-refractivity contribution in [3.8, 4) is 0 Å². The van der Waals surface area contributed by atoms with Gasteiger partial charge in [-0.05, 0) is 30.2 Å². The summed E-state index contributed by atoms with van der Waals surface area (Å²) in [4.78, 5) is 8.28. The van der Waals surface area contributed by atoms with E-state index < -0.39 is 0 Å². The Morgan fingerprint density at radius 3 is 3.12 bits per heavy atom. The van der Waals surface area contributed by atoms with Crippen molar-refractivity contribution in [2.24, 2.45) is 10.5 Å². The maximum absolute atomic E-state index is 8.26. The lowest BCUT2D eigenvalue weighted by molar-refractivity contribution is 0.376. The van der Waals surface area contributed by atoms with Crippen molar-refractivity contribution in [1.29, 1.82) is 0 Å². The maximum Gasteiger partial charge on any atom is 0.0958 e. The summed E-state index contributed by atoms with van der Waals surface area (Å²) in [5, 5.41) is 4.78. The fourth-order valence-corrected chi connectivity index (χ4v) is 3.30. The van der Waals surface area contributed by atoms with Crippen LogP contribution in [0.1, 0.15) is 48.9 Å². The Hall–Kier alpha value is -1.06. The molecule has 0 saturated heterocycles. The minimum absolute atomic E-state index is 0.435. The normalized spacial score (nSPS) is 23.0. The number of rotatable bonds is 3. The van der Waals surface area contributed by atoms with Crippen LogP contribution in [0.3, 0.4) is 0 Å². The van der Waals surface area contributed by atoms with Crippen LogP contribution in [0.4, 0.5) is 0 Å². The average Bonchev–Trinajstić information content (AvgIpc) is 2.81. The van der Waals surface area contributed by atoms with E-state index in [2.05, 4.69) is 28.9 Å². The zero-order chi connectivity index (χ0) is 11.6. The number of hydrogen-bond donors (Lipinski definition) is 0. The van der Waals surface area contributed by atoms with Gasteiger partial charge in [-0.1, -0.05) is 19.0 Å².